The number of ether oxygens (including phenoxy) is 1. The Kier molecular flexibility index (Phi) is 7.91. The predicted octanol–water partition coefficient (Wildman–Crippen LogP) is 2.91. The van der Waals surface area contributed by atoms with Gasteiger partial charge in [0.15, 0.2) is 0 Å². The van der Waals surface area contributed by atoms with Crippen LogP contribution in [-0.4, -0.2) is 69.1 Å². The van der Waals surface area contributed by atoms with E-state index in [0.717, 1.165) is 0 Å². The van der Waals surface area contributed by atoms with Crippen molar-refractivity contribution in [1.82, 2.24) is 15.2 Å². The van der Waals surface area contributed by atoms with E-state index in [4.69, 9.17) is 16.3 Å². The van der Waals surface area contributed by atoms with Crippen LogP contribution >= 0.6 is 11.6 Å². The number of rotatable bonds is 7. The number of benzene rings is 1. The number of nitrogens with zero attached hydrogens (tertiary/aromatic N) is 2. The largest absolute Gasteiger partial charge is 0.495 e. The molecular weight excluding hydrogens is 459 g/mol. The summed E-state index contributed by atoms with van der Waals surface area (Å²) in [4.78, 5) is 18.8. The minimum Gasteiger partial charge on any atom is -0.495 e. The first kappa shape index (κ1) is 24.2. The Hall–Kier alpha value is -2.43. The van der Waals surface area contributed by atoms with Gasteiger partial charge in [-0.15, -0.1) is 0 Å². The Balaban J connectivity index is 1.76. The number of hydrogen-bond acceptors (Lipinski definition) is 6. The van der Waals surface area contributed by atoms with Crippen LogP contribution < -0.4 is 15.4 Å². The molecule has 0 aliphatic carbocycles. The monoisotopic (exact) mass is 484 g/mol. The van der Waals surface area contributed by atoms with E-state index in [1.807, 2.05) is 4.90 Å². The van der Waals surface area contributed by atoms with Crippen LogP contribution in [0.1, 0.15) is 18.0 Å². The van der Waals surface area contributed by atoms with E-state index < -0.39 is 33.6 Å². The van der Waals surface area contributed by atoms with Gasteiger partial charge in [0.05, 0.1) is 24.8 Å². The summed E-state index contributed by atoms with van der Waals surface area (Å²) in [7, 11) is -1.70. The van der Waals surface area contributed by atoms with Crippen LogP contribution in [-0.2, 0) is 9.84 Å². The van der Waals surface area contributed by atoms with Crippen molar-refractivity contribution in [3.8, 4) is 5.75 Å². The second-order valence-corrected chi connectivity index (χ2v) is 10.5. The molecule has 1 saturated heterocycles. The van der Waals surface area contributed by atoms with Gasteiger partial charge in [-0.05, 0) is 30.7 Å². The van der Waals surface area contributed by atoms with Gasteiger partial charge >= 0.3 is 6.03 Å². The molecule has 1 aliphatic heterocycles. The van der Waals surface area contributed by atoms with Gasteiger partial charge in [0.2, 0.25) is 0 Å². The Morgan fingerprint density at radius 1 is 1.34 bits per heavy atom. The quantitative estimate of drug-likeness (QED) is 0.626. The molecule has 8 nitrogen and oxygen atoms in total. The molecule has 1 fully saturated rings. The lowest BCUT2D eigenvalue weighted by Gasteiger charge is -2.38. The average molecular weight is 485 g/mol. The Morgan fingerprint density at radius 2 is 2.06 bits per heavy atom. The molecule has 3 rings (SSSR count). The number of carbonyl (C=O) groups excluding carboxylic acids is 1. The van der Waals surface area contributed by atoms with Gasteiger partial charge < -0.3 is 20.3 Å². The summed E-state index contributed by atoms with van der Waals surface area (Å²) in [5.74, 6) is -0.705. The summed E-state index contributed by atoms with van der Waals surface area (Å²) in [6.07, 6.45) is 3.12. The van der Waals surface area contributed by atoms with E-state index >= 15 is 0 Å². The van der Waals surface area contributed by atoms with E-state index in [1.54, 1.807) is 24.3 Å². The van der Waals surface area contributed by atoms with Gasteiger partial charge in [-0.2, -0.15) is 0 Å². The number of sulfone groups is 1. The summed E-state index contributed by atoms with van der Waals surface area (Å²) in [6, 6.07) is 7.11. The fourth-order valence-electron chi connectivity index (χ4n) is 3.65. The molecule has 2 aromatic rings. The Bertz CT molecular complexity index is 1050. The maximum Gasteiger partial charge on any atom is 0.319 e. The molecule has 2 heterocycles. The molecule has 2 atom stereocenters. The van der Waals surface area contributed by atoms with Crippen molar-refractivity contribution in [3.05, 3.63) is 53.1 Å². The second-order valence-electron chi connectivity index (χ2n) is 7.78. The molecule has 2 N–H and O–H groups in total. The summed E-state index contributed by atoms with van der Waals surface area (Å²) in [6.45, 7) is 1.25. The lowest BCUT2D eigenvalue weighted by molar-refractivity contribution is 0.178. The Morgan fingerprint density at radius 3 is 2.69 bits per heavy atom. The number of methoxy groups -OCH3 is 1. The van der Waals surface area contributed by atoms with Crippen LogP contribution in [0.4, 0.5) is 14.9 Å². The first-order chi connectivity index (χ1) is 15.1. The lowest BCUT2D eigenvalue weighted by atomic mass is 9.88. The number of nitrogens with one attached hydrogen (secondary N) is 2. The zero-order valence-corrected chi connectivity index (χ0v) is 19.4. The fourth-order valence-corrected chi connectivity index (χ4v) is 4.37. The van der Waals surface area contributed by atoms with Crippen molar-refractivity contribution in [2.45, 2.75) is 18.4 Å². The summed E-state index contributed by atoms with van der Waals surface area (Å²) < 4.78 is 43.0. The molecule has 1 aromatic heterocycles. The number of hydrogen-bond donors (Lipinski definition) is 2. The van der Waals surface area contributed by atoms with E-state index in [-0.39, 0.29) is 11.4 Å². The van der Waals surface area contributed by atoms with Crippen LogP contribution in [0, 0.1) is 5.82 Å². The molecule has 0 radical (unpaired) electrons. The normalized spacial score (nSPS) is 19.4. The third-order valence-electron chi connectivity index (χ3n) is 5.33. The van der Waals surface area contributed by atoms with Crippen LogP contribution in [0.3, 0.4) is 0 Å². The number of aromatic nitrogens is 1. The van der Waals surface area contributed by atoms with Crippen molar-refractivity contribution in [1.29, 1.82) is 0 Å². The highest BCUT2D eigenvalue weighted by Crippen LogP contribution is 2.29. The number of halogens is 2. The van der Waals surface area contributed by atoms with Crippen molar-refractivity contribution < 1.29 is 22.3 Å². The lowest BCUT2D eigenvalue weighted by Crippen LogP contribution is -2.51. The summed E-state index contributed by atoms with van der Waals surface area (Å²) in [5.41, 5.74) is 0.773. The van der Waals surface area contributed by atoms with Crippen molar-refractivity contribution in [3.63, 3.8) is 0 Å². The molecule has 32 heavy (non-hydrogen) atoms. The highest BCUT2D eigenvalue weighted by molar-refractivity contribution is 7.90. The van der Waals surface area contributed by atoms with Crippen molar-refractivity contribution in [2.75, 3.05) is 44.1 Å². The van der Waals surface area contributed by atoms with Gasteiger partial charge in [0, 0.05) is 54.6 Å². The maximum absolute atomic E-state index is 14.8. The van der Waals surface area contributed by atoms with Crippen molar-refractivity contribution in [2.24, 2.45) is 0 Å². The zero-order valence-electron chi connectivity index (χ0n) is 17.8. The van der Waals surface area contributed by atoms with Gasteiger partial charge in [-0.1, -0.05) is 11.6 Å². The highest BCUT2D eigenvalue weighted by atomic mass is 35.5. The minimum atomic E-state index is -3.13. The van der Waals surface area contributed by atoms with Gasteiger partial charge in [-0.3, -0.25) is 4.98 Å². The smallest absolute Gasteiger partial charge is 0.319 e. The fraction of sp³-hybridized carbons (Fsp3) is 0.429. The number of anilines is 1. The number of pyridine rings is 1. The highest BCUT2D eigenvalue weighted by Gasteiger charge is 2.34. The van der Waals surface area contributed by atoms with E-state index in [0.29, 0.717) is 42.5 Å². The average Bonchev–Trinajstić information content (AvgIpc) is 2.74. The van der Waals surface area contributed by atoms with Gasteiger partial charge in [0.25, 0.3) is 0 Å². The van der Waals surface area contributed by atoms with Gasteiger partial charge in [-0.25, -0.2) is 17.6 Å². The first-order valence-electron chi connectivity index (χ1n) is 10.1. The van der Waals surface area contributed by atoms with Crippen LogP contribution in [0.15, 0.2) is 36.5 Å². The second kappa shape index (κ2) is 10.5. The number of urea groups is 1. The molecular formula is C21H26ClFN4O4S. The molecule has 11 heteroatoms. The first-order valence-corrected chi connectivity index (χ1v) is 12.5. The van der Waals surface area contributed by atoms with Crippen LogP contribution in [0.5, 0.6) is 5.75 Å². The third kappa shape index (κ3) is 6.78. The zero-order chi connectivity index (χ0) is 23.3. The molecule has 0 bridgehead atoms. The summed E-state index contributed by atoms with van der Waals surface area (Å²) >= 11 is 5.87. The molecule has 1 aliphatic rings. The number of likely N-dealkylation sites (tertiary alicyclic amines) is 1. The Labute approximate surface area is 192 Å². The van der Waals surface area contributed by atoms with E-state index in [2.05, 4.69) is 15.6 Å². The molecule has 1 aromatic carbocycles. The molecule has 2 unspecified atom stereocenters. The van der Waals surface area contributed by atoms with Gasteiger partial charge in [0.1, 0.15) is 21.4 Å². The SMILES string of the molecule is COc1cnc(C2CN(CCS(C)(=O)=O)CCC2NC(=O)Nc2ccc(Cl)cc2)c(F)c1. The number of piperidine rings is 1. The standard InChI is InChI=1S/C21H26ClFN4O4S/c1-31-16-11-18(23)20(24-12-16)17-13-27(9-10-32(2,29)30)8-7-19(17)26-21(28)25-15-5-3-14(22)4-6-15/h3-6,11-12,17,19H,7-10,13H2,1-2H3,(H2,25,26,28). The molecule has 0 saturated carbocycles. The van der Waals surface area contributed by atoms with Crippen LogP contribution in [0.25, 0.3) is 0 Å². The predicted molar refractivity (Wildman–Crippen MR) is 122 cm³/mol. The van der Waals surface area contributed by atoms with Crippen LogP contribution in [0.2, 0.25) is 5.02 Å². The van der Waals surface area contributed by atoms with E-state index in [9.17, 15) is 17.6 Å². The topological polar surface area (TPSA) is 101 Å². The molecule has 174 valence electrons. The molecule has 2 amide bonds. The number of amides is 2. The minimum absolute atomic E-state index is 0.00733. The van der Waals surface area contributed by atoms with Crippen molar-refractivity contribution >= 4 is 33.2 Å². The van der Waals surface area contributed by atoms with E-state index in [1.165, 1.54) is 25.6 Å². The molecule has 0 spiro atoms. The summed E-state index contributed by atoms with van der Waals surface area (Å²) in [5, 5.41) is 6.21. The maximum atomic E-state index is 14.8. The number of carbonyl (C=O) groups is 1. The third-order valence-corrected chi connectivity index (χ3v) is 6.50.